The Morgan fingerprint density at radius 2 is 2.29 bits per heavy atom. The summed E-state index contributed by atoms with van der Waals surface area (Å²) in [5.74, 6) is -0.0848. The predicted octanol–water partition coefficient (Wildman–Crippen LogP) is 2.23. The van der Waals surface area contributed by atoms with Crippen LogP contribution in [0.15, 0.2) is 16.7 Å². The molecule has 0 amide bonds. The van der Waals surface area contributed by atoms with Crippen molar-refractivity contribution in [2.75, 3.05) is 5.75 Å². The Morgan fingerprint density at radius 3 is 2.86 bits per heavy atom. The molecule has 1 aromatic heterocycles. The quantitative estimate of drug-likeness (QED) is 0.634. The fraction of sp³-hybridized carbons (Fsp3) is 0.286. The van der Waals surface area contributed by atoms with Crippen molar-refractivity contribution < 1.29 is 12.6 Å². The summed E-state index contributed by atoms with van der Waals surface area (Å²) in [6.45, 7) is 1.48. The number of nitrogens with zero attached hydrogens (tertiary/aromatic N) is 1. The van der Waals surface area contributed by atoms with Crippen molar-refractivity contribution in [1.82, 2.24) is 4.98 Å². The summed E-state index contributed by atoms with van der Waals surface area (Å²) in [5.41, 5.74) is 0. The molecule has 4 nitrogen and oxygen atoms in total. The van der Waals surface area contributed by atoms with Gasteiger partial charge in [0, 0.05) is 16.7 Å². The smallest absolute Gasteiger partial charge is 0.309 e. The van der Waals surface area contributed by atoms with E-state index in [2.05, 4.69) is 20.9 Å². The van der Waals surface area contributed by atoms with E-state index in [9.17, 15) is 8.42 Å². The van der Waals surface area contributed by atoms with Crippen LogP contribution in [-0.2, 0) is 10.1 Å². The second-order valence-corrected chi connectivity index (χ2v) is 5.51. The minimum Gasteiger partial charge on any atom is -0.379 e. The molecule has 1 heterocycles. The molecule has 1 aromatic rings. The van der Waals surface area contributed by atoms with E-state index in [1.807, 2.05) is 0 Å². The lowest BCUT2D eigenvalue weighted by Gasteiger charge is -2.05. The maximum atomic E-state index is 11.1. The largest absolute Gasteiger partial charge is 0.379 e. The standard InChI is InChI=1S/C7H7BrClNO3S/c1-2-14(11,12)13-6-3-5(8)4-10-7(6)9/h3-4H,2H2,1H3. The third-order valence-electron chi connectivity index (χ3n) is 1.34. The fourth-order valence-electron chi connectivity index (χ4n) is 0.658. The molecule has 78 valence electrons. The van der Waals surface area contributed by atoms with E-state index in [0.29, 0.717) is 4.47 Å². The summed E-state index contributed by atoms with van der Waals surface area (Å²) in [7, 11) is -3.56. The molecule has 0 aromatic carbocycles. The Labute approximate surface area is 95.5 Å². The van der Waals surface area contributed by atoms with E-state index in [4.69, 9.17) is 15.8 Å². The Morgan fingerprint density at radius 1 is 1.64 bits per heavy atom. The average Bonchev–Trinajstić information content (AvgIpc) is 2.11. The molecule has 1 rings (SSSR count). The first-order valence-corrected chi connectivity index (χ1v) is 6.42. The Bertz CT molecular complexity index is 435. The number of pyridine rings is 1. The molecule has 0 atom stereocenters. The van der Waals surface area contributed by atoms with Gasteiger partial charge in [-0.1, -0.05) is 11.6 Å². The molecule has 0 aliphatic heterocycles. The van der Waals surface area contributed by atoms with Crippen molar-refractivity contribution in [1.29, 1.82) is 0 Å². The SMILES string of the molecule is CCS(=O)(=O)Oc1cc(Br)cnc1Cl. The molecule has 14 heavy (non-hydrogen) atoms. The summed E-state index contributed by atoms with van der Waals surface area (Å²) >= 11 is 8.77. The van der Waals surface area contributed by atoms with Crippen LogP contribution in [0.1, 0.15) is 6.92 Å². The second kappa shape index (κ2) is 4.46. The summed E-state index contributed by atoms with van der Waals surface area (Å²) in [6.07, 6.45) is 1.45. The van der Waals surface area contributed by atoms with E-state index in [0.717, 1.165) is 0 Å². The molecule has 0 saturated heterocycles. The maximum absolute atomic E-state index is 11.1. The molecule has 0 radical (unpaired) electrons. The highest BCUT2D eigenvalue weighted by Crippen LogP contribution is 2.26. The molecule has 0 N–H and O–H groups in total. The first-order valence-electron chi connectivity index (χ1n) is 3.68. The molecule has 0 fully saturated rings. The normalized spacial score (nSPS) is 11.4. The first-order chi connectivity index (χ1) is 6.44. The van der Waals surface area contributed by atoms with Crippen LogP contribution in [0.3, 0.4) is 0 Å². The van der Waals surface area contributed by atoms with Gasteiger partial charge in [-0.25, -0.2) is 4.98 Å². The molecular formula is C7H7BrClNO3S. The average molecular weight is 301 g/mol. The zero-order valence-electron chi connectivity index (χ0n) is 7.20. The minimum atomic E-state index is -3.56. The summed E-state index contributed by atoms with van der Waals surface area (Å²) in [6, 6.07) is 1.45. The van der Waals surface area contributed by atoms with Crippen molar-refractivity contribution >= 4 is 37.6 Å². The highest BCUT2D eigenvalue weighted by Gasteiger charge is 2.13. The van der Waals surface area contributed by atoms with E-state index >= 15 is 0 Å². The van der Waals surface area contributed by atoms with Gasteiger partial charge in [0.1, 0.15) is 0 Å². The van der Waals surface area contributed by atoms with Crippen molar-refractivity contribution in [3.05, 3.63) is 21.9 Å². The van der Waals surface area contributed by atoms with Crippen LogP contribution in [-0.4, -0.2) is 19.2 Å². The zero-order chi connectivity index (χ0) is 10.8. The maximum Gasteiger partial charge on any atom is 0.309 e. The predicted molar refractivity (Wildman–Crippen MR) is 57.0 cm³/mol. The van der Waals surface area contributed by atoms with Crippen LogP contribution in [0.4, 0.5) is 0 Å². The van der Waals surface area contributed by atoms with Gasteiger partial charge in [-0.2, -0.15) is 8.42 Å². The van der Waals surface area contributed by atoms with E-state index in [1.165, 1.54) is 19.2 Å². The number of halogens is 2. The van der Waals surface area contributed by atoms with E-state index < -0.39 is 10.1 Å². The third-order valence-corrected chi connectivity index (χ3v) is 3.20. The van der Waals surface area contributed by atoms with Gasteiger partial charge in [0.25, 0.3) is 0 Å². The van der Waals surface area contributed by atoms with Gasteiger partial charge in [0.2, 0.25) is 0 Å². The monoisotopic (exact) mass is 299 g/mol. The van der Waals surface area contributed by atoms with Crippen LogP contribution in [0.5, 0.6) is 5.75 Å². The van der Waals surface area contributed by atoms with Crippen LogP contribution >= 0.6 is 27.5 Å². The molecule has 7 heteroatoms. The van der Waals surface area contributed by atoms with Crippen molar-refractivity contribution in [3.63, 3.8) is 0 Å². The van der Waals surface area contributed by atoms with Gasteiger partial charge in [-0.3, -0.25) is 0 Å². The topological polar surface area (TPSA) is 56.3 Å². The number of hydrogen-bond donors (Lipinski definition) is 0. The Hall–Kier alpha value is -0.330. The van der Waals surface area contributed by atoms with Crippen LogP contribution in [0.2, 0.25) is 5.15 Å². The summed E-state index contributed by atoms with van der Waals surface area (Å²) in [5, 5.41) is 0.0187. The van der Waals surface area contributed by atoms with Crippen molar-refractivity contribution in [3.8, 4) is 5.75 Å². The molecular weight excluding hydrogens is 294 g/mol. The van der Waals surface area contributed by atoms with Gasteiger partial charge >= 0.3 is 10.1 Å². The van der Waals surface area contributed by atoms with Gasteiger partial charge in [-0.05, 0) is 22.9 Å². The van der Waals surface area contributed by atoms with Gasteiger partial charge in [-0.15, -0.1) is 0 Å². The summed E-state index contributed by atoms with van der Waals surface area (Å²) < 4.78 is 27.5. The molecule has 0 saturated carbocycles. The lowest BCUT2D eigenvalue weighted by molar-refractivity contribution is 0.486. The molecule has 0 aliphatic rings. The van der Waals surface area contributed by atoms with Crippen LogP contribution < -0.4 is 4.18 Å². The second-order valence-electron chi connectivity index (χ2n) is 2.37. The van der Waals surface area contributed by atoms with Gasteiger partial charge in [0.05, 0.1) is 5.75 Å². The molecule has 0 spiro atoms. The number of hydrogen-bond acceptors (Lipinski definition) is 4. The van der Waals surface area contributed by atoms with E-state index in [-0.39, 0.29) is 16.7 Å². The fourth-order valence-corrected chi connectivity index (χ4v) is 1.67. The lowest BCUT2D eigenvalue weighted by atomic mass is 10.5. The van der Waals surface area contributed by atoms with Crippen molar-refractivity contribution in [2.24, 2.45) is 0 Å². The molecule has 0 unspecified atom stereocenters. The number of aromatic nitrogens is 1. The molecule has 0 bridgehead atoms. The first kappa shape index (κ1) is 11.7. The Balaban J connectivity index is 3.03. The lowest BCUT2D eigenvalue weighted by Crippen LogP contribution is -2.11. The van der Waals surface area contributed by atoms with Gasteiger partial charge < -0.3 is 4.18 Å². The highest BCUT2D eigenvalue weighted by atomic mass is 79.9. The molecule has 0 aliphatic carbocycles. The summed E-state index contributed by atoms with van der Waals surface area (Å²) in [4.78, 5) is 3.73. The zero-order valence-corrected chi connectivity index (χ0v) is 10.4. The van der Waals surface area contributed by atoms with E-state index in [1.54, 1.807) is 0 Å². The highest BCUT2D eigenvalue weighted by molar-refractivity contribution is 9.10. The minimum absolute atomic E-state index is 0.0187. The van der Waals surface area contributed by atoms with Crippen LogP contribution in [0, 0.1) is 0 Å². The van der Waals surface area contributed by atoms with Crippen molar-refractivity contribution in [2.45, 2.75) is 6.92 Å². The van der Waals surface area contributed by atoms with Gasteiger partial charge in [0.15, 0.2) is 10.9 Å². The number of rotatable bonds is 3. The third kappa shape index (κ3) is 3.11. The van der Waals surface area contributed by atoms with Crippen LogP contribution in [0.25, 0.3) is 0 Å². The Kier molecular flexibility index (Phi) is 3.74.